The first-order valence-corrected chi connectivity index (χ1v) is 7.27. The van der Waals surface area contributed by atoms with Gasteiger partial charge in [-0.25, -0.2) is 4.39 Å². The van der Waals surface area contributed by atoms with Gasteiger partial charge in [-0.05, 0) is 42.3 Å². The second-order valence-corrected chi connectivity index (χ2v) is 6.04. The summed E-state index contributed by atoms with van der Waals surface area (Å²) in [6.45, 7) is 2.05. The number of carbonyl (C=O) groups excluding carboxylic acids is 1. The van der Waals surface area contributed by atoms with E-state index in [1.54, 1.807) is 12.1 Å². The van der Waals surface area contributed by atoms with E-state index in [4.69, 9.17) is 0 Å². The molecule has 0 aliphatic heterocycles. The molecule has 0 spiro atoms. The Kier molecular flexibility index (Phi) is 4.30. The van der Waals surface area contributed by atoms with E-state index in [-0.39, 0.29) is 18.0 Å². The molecule has 0 unspecified atom stereocenters. The third-order valence-corrected chi connectivity index (χ3v) is 4.41. The van der Waals surface area contributed by atoms with Crippen LogP contribution in [-0.2, 0) is 12.8 Å². The lowest BCUT2D eigenvalue weighted by Crippen LogP contribution is -2.03. The van der Waals surface area contributed by atoms with Crippen LogP contribution in [0.4, 0.5) is 4.39 Å². The molecule has 2 rings (SSSR count). The van der Waals surface area contributed by atoms with Gasteiger partial charge in [0.15, 0.2) is 5.78 Å². The molecule has 0 atom stereocenters. The Morgan fingerprint density at radius 3 is 2.78 bits per heavy atom. The van der Waals surface area contributed by atoms with Gasteiger partial charge in [-0.1, -0.05) is 22.9 Å². The summed E-state index contributed by atoms with van der Waals surface area (Å²) in [5.41, 5.74) is 0.431. The molecular formula is C14H12BrFOS. The molecule has 1 nitrogen and oxygen atoms in total. The van der Waals surface area contributed by atoms with Crippen LogP contribution < -0.4 is 0 Å². The number of halogens is 2. The smallest absolute Gasteiger partial charge is 0.177 e. The van der Waals surface area contributed by atoms with Crippen molar-refractivity contribution in [2.75, 3.05) is 0 Å². The molecule has 1 aromatic heterocycles. The fourth-order valence-corrected chi connectivity index (χ4v) is 2.95. The Morgan fingerprint density at radius 1 is 1.33 bits per heavy atom. The van der Waals surface area contributed by atoms with Crippen LogP contribution in [0.25, 0.3) is 0 Å². The molecule has 0 N–H and O–H groups in total. The first-order chi connectivity index (χ1) is 8.60. The number of hydrogen-bond acceptors (Lipinski definition) is 2. The highest BCUT2D eigenvalue weighted by atomic mass is 79.9. The summed E-state index contributed by atoms with van der Waals surface area (Å²) in [5.74, 6) is -0.365. The highest BCUT2D eigenvalue weighted by molar-refractivity contribution is 9.10. The quantitative estimate of drug-likeness (QED) is 0.748. The number of thiophene rings is 1. The van der Waals surface area contributed by atoms with Gasteiger partial charge in [-0.2, -0.15) is 0 Å². The van der Waals surface area contributed by atoms with Gasteiger partial charge in [-0.15, -0.1) is 11.3 Å². The van der Waals surface area contributed by atoms with E-state index in [2.05, 4.69) is 15.9 Å². The third-order valence-electron chi connectivity index (χ3n) is 2.64. The van der Waals surface area contributed by atoms with Gasteiger partial charge in [0.1, 0.15) is 5.82 Å². The minimum atomic E-state index is -0.334. The molecule has 18 heavy (non-hydrogen) atoms. The Balaban J connectivity index is 2.18. The molecule has 0 saturated heterocycles. The van der Waals surface area contributed by atoms with Crippen LogP contribution >= 0.6 is 27.3 Å². The molecule has 0 radical (unpaired) electrons. The van der Waals surface area contributed by atoms with E-state index in [0.29, 0.717) is 10.4 Å². The molecule has 1 heterocycles. The zero-order valence-electron chi connectivity index (χ0n) is 9.87. The molecule has 2 aromatic rings. The Hall–Kier alpha value is -1.00. The van der Waals surface area contributed by atoms with Crippen LogP contribution in [0.1, 0.15) is 27.0 Å². The van der Waals surface area contributed by atoms with Crippen molar-refractivity contribution in [3.63, 3.8) is 0 Å². The zero-order chi connectivity index (χ0) is 13.1. The highest BCUT2D eigenvalue weighted by Crippen LogP contribution is 2.21. The van der Waals surface area contributed by atoms with Crippen molar-refractivity contribution in [1.29, 1.82) is 0 Å². The summed E-state index contributed by atoms with van der Waals surface area (Å²) in [5, 5.41) is 0. The van der Waals surface area contributed by atoms with Crippen molar-refractivity contribution in [1.82, 2.24) is 0 Å². The normalized spacial score (nSPS) is 10.6. The zero-order valence-corrected chi connectivity index (χ0v) is 12.3. The lowest BCUT2D eigenvalue weighted by molar-refractivity contribution is 0.0995. The topological polar surface area (TPSA) is 17.1 Å². The Labute approximate surface area is 118 Å². The molecule has 0 bridgehead atoms. The number of aryl methyl sites for hydroxylation is 1. The van der Waals surface area contributed by atoms with E-state index >= 15 is 0 Å². The Bertz CT molecular complexity index is 577. The fraction of sp³-hybridized carbons (Fsp3) is 0.214. The maximum atomic E-state index is 13.5. The average Bonchev–Trinajstić information content (AvgIpc) is 2.82. The summed E-state index contributed by atoms with van der Waals surface area (Å²) in [6, 6.07) is 8.43. The number of hydrogen-bond donors (Lipinski definition) is 0. The van der Waals surface area contributed by atoms with E-state index in [1.165, 1.54) is 22.3 Å². The highest BCUT2D eigenvalue weighted by Gasteiger charge is 2.12. The second kappa shape index (κ2) is 5.76. The van der Waals surface area contributed by atoms with E-state index in [0.717, 1.165) is 10.9 Å². The lowest BCUT2D eigenvalue weighted by atomic mass is 10.1. The van der Waals surface area contributed by atoms with Crippen LogP contribution in [0.15, 0.2) is 34.8 Å². The minimum Gasteiger partial charge on any atom is -0.293 e. The van der Waals surface area contributed by atoms with Gasteiger partial charge >= 0.3 is 0 Å². The molecule has 4 heteroatoms. The third kappa shape index (κ3) is 3.06. The molecule has 0 amide bonds. The molecule has 94 valence electrons. The van der Waals surface area contributed by atoms with E-state index < -0.39 is 0 Å². The van der Waals surface area contributed by atoms with Gasteiger partial charge in [-0.3, -0.25) is 4.79 Å². The Morgan fingerprint density at radius 2 is 2.11 bits per heavy atom. The van der Waals surface area contributed by atoms with Gasteiger partial charge in [0.05, 0.1) is 4.88 Å². The number of benzene rings is 1. The van der Waals surface area contributed by atoms with Crippen molar-refractivity contribution in [2.24, 2.45) is 0 Å². The largest absolute Gasteiger partial charge is 0.293 e. The van der Waals surface area contributed by atoms with Gasteiger partial charge in [0, 0.05) is 15.8 Å². The lowest BCUT2D eigenvalue weighted by Gasteiger charge is -2.02. The van der Waals surface area contributed by atoms with E-state index in [9.17, 15) is 9.18 Å². The fourth-order valence-electron chi connectivity index (χ4n) is 1.66. The molecule has 0 fully saturated rings. The van der Waals surface area contributed by atoms with Crippen molar-refractivity contribution >= 4 is 33.0 Å². The molecule has 0 saturated carbocycles. The molecule has 1 aromatic carbocycles. The molecule has 0 aliphatic rings. The first kappa shape index (κ1) is 13.4. The summed E-state index contributed by atoms with van der Waals surface area (Å²) in [6.07, 6.45) is 1.03. The van der Waals surface area contributed by atoms with Crippen molar-refractivity contribution < 1.29 is 9.18 Å². The standard InChI is InChI=1S/C14H12BrFOS/c1-2-11-4-6-14(18-11)13(17)8-9-7-10(15)3-5-12(9)16/h3-7H,2,8H2,1H3. The van der Waals surface area contributed by atoms with Gasteiger partial charge in [0.25, 0.3) is 0 Å². The summed E-state index contributed by atoms with van der Waals surface area (Å²) in [4.78, 5) is 13.9. The number of rotatable bonds is 4. The van der Waals surface area contributed by atoms with Crippen molar-refractivity contribution in [2.45, 2.75) is 19.8 Å². The maximum absolute atomic E-state index is 13.5. The SMILES string of the molecule is CCc1ccc(C(=O)Cc2cc(Br)ccc2F)s1. The van der Waals surface area contributed by atoms with E-state index in [1.807, 2.05) is 19.1 Å². The second-order valence-electron chi connectivity index (χ2n) is 3.96. The summed E-state index contributed by atoms with van der Waals surface area (Å²) < 4.78 is 14.3. The minimum absolute atomic E-state index is 0.0308. The van der Waals surface area contributed by atoms with Crippen LogP contribution in [0.3, 0.4) is 0 Å². The number of ketones is 1. The predicted molar refractivity (Wildman–Crippen MR) is 75.8 cm³/mol. The molecule has 0 aliphatic carbocycles. The summed E-state index contributed by atoms with van der Waals surface area (Å²) >= 11 is 4.77. The van der Waals surface area contributed by atoms with Crippen LogP contribution in [0, 0.1) is 5.82 Å². The van der Waals surface area contributed by atoms with Crippen LogP contribution in [-0.4, -0.2) is 5.78 Å². The van der Waals surface area contributed by atoms with Crippen molar-refractivity contribution in [3.8, 4) is 0 Å². The average molecular weight is 327 g/mol. The van der Waals surface area contributed by atoms with Crippen molar-refractivity contribution in [3.05, 3.63) is 55.9 Å². The maximum Gasteiger partial charge on any atom is 0.177 e. The first-order valence-electron chi connectivity index (χ1n) is 5.66. The number of carbonyl (C=O) groups is 1. The van der Waals surface area contributed by atoms with Gasteiger partial charge in [0.2, 0.25) is 0 Å². The predicted octanol–water partition coefficient (Wildman–Crippen LogP) is 4.64. The number of Topliss-reactive ketones (excluding diaryl/α,β-unsaturated/α-hetero) is 1. The van der Waals surface area contributed by atoms with Crippen LogP contribution in [0.2, 0.25) is 0 Å². The van der Waals surface area contributed by atoms with Crippen LogP contribution in [0.5, 0.6) is 0 Å². The summed E-state index contributed by atoms with van der Waals surface area (Å²) in [7, 11) is 0. The molecular weight excluding hydrogens is 315 g/mol. The monoisotopic (exact) mass is 326 g/mol. The van der Waals surface area contributed by atoms with Gasteiger partial charge < -0.3 is 0 Å².